The molecule has 0 saturated heterocycles. The van der Waals surface area contributed by atoms with E-state index in [4.69, 9.17) is 11.6 Å². The van der Waals surface area contributed by atoms with Crippen LogP contribution in [0.5, 0.6) is 0 Å². The summed E-state index contributed by atoms with van der Waals surface area (Å²) in [7, 11) is -4.02. The van der Waals surface area contributed by atoms with Gasteiger partial charge in [-0.2, -0.15) is 0 Å². The first-order chi connectivity index (χ1) is 11.3. The van der Waals surface area contributed by atoms with Gasteiger partial charge >= 0.3 is 0 Å². The normalized spacial score (nSPS) is 11.1. The van der Waals surface area contributed by atoms with Crippen LogP contribution >= 0.6 is 11.6 Å². The number of carbonyl (C=O) groups is 1. The van der Waals surface area contributed by atoms with Crippen molar-refractivity contribution >= 4 is 33.2 Å². The highest BCUT2D eigenvalue weighted by molar-refractivity contribution is 7.92. The molecule has 0 unspecified atom stereocenters. The van der Waals surface area contributed by atoms with Crippen molar-refractivity contribution in [2.24, 2.45) is 0 Å². The third-order valence-electron chi connectivity index (χ3n) is 3.11. The number of amides is 1. The van der Waals surface area contributed by atoms with E-state index in [0.717, 1.165) is 18.6 Å². The molecule has 0 radical (unpaired) electrons. The molecule has 2 aromatic rings. The Kier molecular flexibility index (Phi) is 5.80. The molecule has 24 heavy (non-hydrogen) atoms. The SMILES string of the molecule is CCCNC(=O)c1ccc(Cl)c(S(=O)(=O)Nc2ccc(F)cc2)c1. The second-order valence-electron chi connectivity index (χ2n) is 5.01. The molecule has 0 fully saturated rings. The quantitative estimate of drug-likeness (QED) is 0.818. The molecule has 0 aliphatic rings. The number of nitrogens with one attached hydrogen (secondary N) is 2. The lowest BCUT2D eigenvalue weighted by Gasteiger charge is -2.11. The van der Waals surface area contributed by atoms with Gasteiger partial charge in [0.1, 0.15) is 10.7 Å². The Bertz CT molecular complexity index is 839. The molecule has 2 N–H and O–H groups in total. The van der Waals surface area contributed by atoms with Crippen LogP contribution in [0.25, 0.3) is 0 Å². The number of carbonyl (C=O) groups excluding carboxylic acids is 1. The number of benzene rings is 2. The molecule has 0 spiro atoms. The summed E-state index contributed by atoms with van der Waals surface area (Å²) in [6, 6.07) is 8.85. The molecule has 128 valence electrons. The molecule has 2 rings (SSSR count). The summed E-state index contributed by atoms with van der Waals surface area (Å²) in [4.78, 5) is 11.8. The predicted molar refractivity (Wildman–Crippen MR) is 91.3 cm³/mol. The van der Waals surface area contributed by atoms with Crippen molar-refractivity contribution in [3.8, 4) is 0 Å². The van der Waals surface area contributed by atoms with E-state index in [0.29, 0.717) is 6.54 Å². The van der Waals surface area contributed by atoms with Gasteiger partial charge in [0.2, 0.25) is 0 Å². The maximum atomic E-state index is 12.9. The fourth-order valence-electron chi connectivity index (χ4n) is 1.92. The van der Waals surface area contributed by atoms with Crippen molar-refractivity contribution in [2.75, 3.05) is 11.3 Å². The van der Waals surface area contributed by atoms with Gasteiger partial charge in [-0.05, 0) is 48.9 Å². The first-order valence-electron chi connectivity index (χ1n) is 7.19. The molecule has 5 nitrogen and oxygen atoms in total. The Morgan fingerprint density at radius 1 is 1.17 bits per heavy atom. The highest BCUT2D eigenvalue weighted by atomic mass is 35.5. The average molecular weight is 371 g/mol. The van der Waals surface area contributed by atoms with Crippen LogP contribution in [0.1, 0.15) is 23.7 Å². The fraction of sp³-hybridized carbons (Fsp3) is 0.188. The smallest absolute Gasteiger partial charge is 0.263 e. The minimum Gasteiger partial charge on any atom is -0.352 e. The van der Waals surface area contributed by atoms with E-state index in [1.165, 1.54) is 30.3 Å². The van der Waals surface area contributed by atoms with Gasteiger partial charge in [-0.15, -0.1) is 0 Å². The van der Waals surface area contributed by atoms with Gasteiger partial charge in [0, 0.05) is 17.8 Å². The molecular formula is C16H16ClFN2O3S. The van der Waals surface area contributed by atoms with Crippen molar-refractivity contribution < 1.29 is 17.6 Å². The van der Waals surface area contributed by atoms with Gasteiger partial charge in [0.05, 0.1) is 5.02 Å². The van der Waals surface area contributed by atoms with E-state index in [1.807, 2.05) is 6.92 Å². The first kappa shape index (κ1) is 18.2. The van der Waals surface area contributed by atoms with E-state index in [2.05, 4.69) is 10.0 Å². The van der Waals surface area contributed by atoms with Crippen LogP contribution in [-0.4, -0.2) is 20.9 Å². The zero-order valence-electron chi connectivity index (χ0n) is 12.8. The van der Waals surface area contributed by atoms with Crippen molar-refractivity contribution in [3.05, 3.63) is 58.9 Å². The summed E-state index contributed by atoms with van der Waals surface area (Å²) in [5.41, 5.74) is 0.376. The Balaban J connectivity index is 2.31. The average Bonchev–Trinajstić information content (AvgIpc) is 2.54. The van der Waals surface area contributed by atoms with Crippen LogP contribution in [0.15, 0.2) is 47.4 Å². The van der Waals surface area contributed by atoms with E-state index >= 15 is 0 Å². The van der Waals surface area contributed by atoms with Crippen LogP contribution in [-0.2, 0) is 10.0 Å². The number of halogens is 2. The van der Waals surface area contributed by atoms with Gasteiger partial charge in [-0.25, -0.2) is 12.8 Å². The number of anilines is 1. The van der Waals surface area contributed by atoms with Gasteiger partial charge in [0.25, 0.3) is 15.9 Å². The topological polar surface area (TPSA) is 75.3 Å². The van der Waals surface area contributed by atoms with E-state index in [1.54, 1.807) is 0 Å². The molecule has 0 saturated carbocycles. The third kappa shape index (κ3) is 4.46. The Morgan fingerprint density at radius 2 is 1.83 bits per heavy atom. The van der Waals surface area contributed by atoms with E-state index < -0.39 is 15.8 Å². The summed E-state index contributed by atoms with van der Waals surface area (Å²) < 4.78 is 40.2. The molecule has 0 heterocycles. The van der Waals surface area contributed by atoms with Gasteiger partial charge in [0.15, 0.2) is 0 Å². The molecule has 8 heteroatoms. The summed E-state index contributed by atoms with van der Waals surface area (Å²) in [6.07, 6.45) is 0.761. The molecule has 2 aromatic carbocycles. The zero-order chi connectivity index (χ0) is 17.7. The first-order valence-corrected chi connectivity index (χ1v) is 9.05. The fourth-order valence-corrected chi connectivity index (χ4v) is 3.50. The Hall–Kier alpha value is -2.12. The summed E-state index contributed by atoms with van der Waals surface area (Å²) in [6.45, 7) is 2.39. The Morgan fingerprint density at radius 3 is 2.46 bits per heavy atom. The molecule has 0 bridgehead atoms. The minimum atomic E-state index is -4.02. The Labute approximate surface area is 144 Å². The van der Waals surface area contributed by atoms with Crippen molar-refractivity contribution in [3.63, 3.8) is 0 Å². The second-order valence-corrected chi connectivity index (χ2v) is 7.07. The number of rotatable bonds is 6. The maximum absolute atomic E-state index is 12.9. The predicted octanol–water partition coefficient (Wildman–Crippen LogP) is 3.42. The monoisotopic (exact) mass is 370 g/mol. The van der Waals surface area contributed by atoms with Crippen LogP contribution in [0.4, 0.5) is 10.1 Å². The minimum absolute atomic E-state index is 0.0170. The molecule has 0 aromatic heterocycles. The summed E-state index contributed by atoms with van der Waals surface area (Å²) in [5.74, 6) is -0.864. The third-order valence-corrected chi connectivity index (χ3v) is 4.98. The van der Waals surface area contributed by atoms with Crippen LogP contribution in [0, 0.1) is 5.82 Å². The molecule has 0 aliphatic heterocycles. The van der Waals surface area contributed by atoms with Crippen molar-refractivity contribution in [1.29, 1.82) is 0 Å². The van der Waals surface area contributed by atoms with Crippen LogP contribution in [0.3, 0.4) is 0 Å². The standard InChI is InChI=1S/C16H16ClFN2O3S/c1-2-9-19-16(21)11-3-8-14(17)15(10-11)24(22,23)20-13-6-4-12(18)5-7-13/h3-8,10,20H,2,9H2,1H3,(H,19,21). The second kappa shape index (κ2) is 7.63. The molecule has 1 amide bonds. The molecule has 0 aliphatic carbocycles. The van der Waals surface area contributed by atoms with Crippen LogP contribution < -0.4 is 10.0 Å². The largest absolute Gasteiger partial charge is 0.352 e. The zero-order valence-corrected chi connectivity index (χ0v) is 14.4. The number of hydrogen-bond acceptors (Lipinski definition) is 3. The van der Waals surface area contributed by atoms with Crippen molar-refractivity contribution in [1.82, 2.24) is 5.32 Å². The van der Waals surface area contributed by atoms with Gasteiger partial charge in [-0.3, -0.25) is 9.52 Å². The lowest BCUT2D eigenvalue weighted by Crippen LogP contribution is -2.24. The summed E-state index contributed by atoms with van der Waals surface area (Å²) in [5, 5.41) is 2.65. The highest BCUT2D eigenvalue weighted by Crippen LogP contribution is 2.25. The van der Waals surface area contributed by atoms with Gasteiger partial charge in [-0.1, -0.05) is 18.5 Å². The number of sulfonamides is 1. The lowest BCUT2D eigenvalue weighted by atomic mass is 10.2. The highest BCUT2D eigenvalue weighted by Gasteiger charge is 2.20. The van der Waals surface area contributed by atoms with E-state index in [9.17, 15) is 17.6 Å². The lowest BCUT2D eigenvalue weighted by molar-refractivity contribution is 0.0953. The van der Waals surface area contributed by atoms with Crippen LogP contribution in [0.2, 0.25) is 5.02 Å². The number of hydrogen-bond donors (Lipinski definition) is 2. The molecular weight excluding hydrogens is 355 g/mol. The van der Waals surface area contributed by atoms with E-state index in [-0.39, 0.29) is 27.1 Å². The molecule has 0 atom stereocenters. The summed E-state index contributed by atoms with van der Waals surface area (Å²) >= 11 is 5.97. The van der Waals surface area contributed by atoms with Gasteiger partial charge < -0.3 is 5.32 Å². The van der Waals surface area contributed by atoms with Crippen molar-refractivity contribution in [2.45, 2.75) is 18.2 Å². The maximum Gasteiger partial charge on any atom is 0.263 e.